The minimum absolute atomic E-state index is 0.881. The van der Waals surface area contributed by atoms with Crippen LogP contribution in [0.4, 0.5) is 5.82 Å². The lowest BCUT2D eigenvalue weighted by atomic mass is 9.88. The van der Waals surface area contributed by atoms with Gasteiger partial charge in [0, 0.05) is 36.4 Å². The van der Waals surface area contributed by atoms with E-state index < -0.39 is 0 Å². The fourth-order valence-corrected chi connectivity index (χ4v) is 4.62. The topological polar surface area (TPSA) is 28.2 Å². The number of anilines is 1. The summed E-state index contributed by atoms with van der Waals surface area (Å²) in [5, 5.41) is 3.42. The van der Waals surface area contributed by atoms with E-state index in [1.807, 2.05) is 6.20 Å². The molecule has 2 fully saturated rings. The fourth-order valence-electron chi connectivity index (χ4n) is 4.25. The van der Waals surface area contributed by atoms with Gasteiger partial charge in [-0.15, -0.1) is 0 Å². The van der Waals surface area contributed by atoms with Crippen molar-refractivity contribution >= 4 is 21.7 Å². The minimum Gasteiger partial charge on any atom is -0.359 e. The second kappa shape index (κ2) is 6.66. The highest BCUT2D eigenvalue weighted by atomic mass is 79.9. The molecule has 1 heterocycles. The Bertz CT molecular complexity index is 491. The monoisotopic (exact) mass is 351 g/mol. The Labute approximate surface area is 136 Å². The van der Waals surface area contributed by atoms with Crippen LogP contribution in [0.15, 0.2) is 16.7 Å². The summed E-state index contributed by atoms with van der Waals surface area (Å²) in [6.07, 6.45) is 7.78. The molecule has 0 aliphatic heterocycles. The highest BCUT2D eigenvalue weighted by Gasteiger charge is 2.39. The zero-order valence-corrected chi connectivity index (χ0v) is 14.7. The number of nitrogens with one attached hydrogen (secondary N) is 1. The van der Waals surface area contributed by atoms with E-state index in [-0.39, 0.29) is 0 Å². The smallest absolute Gasteiger partial charge is 0.132 e. The maximum absolute atomic E-state index is 4.67. The number of hydrogen-bond donors (Lipinski definition) is 1. The van der Waals surface area contributed by atoms with Crippen molar-refractivity contribution in [1.29, 1.82) is 0 Å². The zero-order chi connectivity index (χ0) is 14.8. The van der Waals surface area contributed by atoms with Crippen molar-refractivity contribution in [3.8, 4) is 0 Å². The van der Waals surface area contributed by atoms with Crippen molar-refractivity contribution < 1.29 is 0 Å². The Morgan fingerprint density at radius 3 is 2.90 bits per heavy atom. The number of rotatable bonds is 6. The first-order chi connectivity index (χ1) is 10.2. The molecule has 2 saturated carbocycles. The van der Waals surface area contributed by atoms with E-state index >= 15 is 0 Å². The lowest BCUT2D eigenvalue weighted by Crippen LogP contribution is -2.30. The van der Waals surface area contributed by atoms with E-state index in [4.69, 9.17) is 0 Å². The second-order valence-corrected chi connectivity index (χ2v) is 7.65. The highest BCUT2D eigenvalue weighted by molar-refractivity contribution is 9.10. The third-order valence-electron chi connectivity index (χ3n) is 5.23. The highest BCUT2D eigenvalue weighted by Crippen LogP contribution is 2.48. The molecule has 2 bridgehead atoms. The van der Waals surface area contributed by atoms with Crippen LogP contribution < -0.4 is 10.2 Å². The van der Waals surface area contributed by atoms with Gasteiger partial charge in [0.05, 0.1) is 0 Å². The minimum atomic E-state index is 0.881. The van der Waals surface area contributed by atoms with Crippen molar-refractivity contribution in [3.05, 3.63) is 22.3 Å². The van der Waals surface area contributed by atoms with E-state index in [1.54, 1.807) is 0 Å². The van der Waals surface area contributed by atoms with Crippen LogP contribution in [0.1, 0.15) is 38.2 Å². The van der Waals surface area contributed by atoms with Gasteiger partial charge in [0.25, 0.3) is 0 Å². The molecule has 3 atom stereocenters. The number of halogens is 1. The molecule has 0 saturated heterocycles. The van der Waals surface area contributed by atoms with E-state index in [0.717, 1.165) is 47.7 Å². The summed E-state index contributed by atoms with van der Waals surface area (Å²) in [5.74, 6) is 4.02. The summed E-state index contributed by atoms with van der Waals surface area (Å²) in [5.41, 5.74) is 1.29. The van der Waals surface area contributed by atoms with Crippen molar-refractivity contribution in [1.82, 2.24) is 10.3 Å². The molecule has 2 aliphatic carbocycles. The maximum Gasteiger partial charge on any atom is 0.132 e. The third kappa shape index (κ3) is 3.42. The molecule has 0 amide bonds. The molecule has 1 aromatic rings. The van der Waals surface area contributed by atoms with E-state index in [2.05, 4.69) is 51.2 Å². The summed E-state index contributed by atoms with van der Waals surface area (Å²) in [7, 11) is 2.21. The largest absolute Gasteiger partial charge is 0.359 e. The van der Waals surface area contributed by atoms with Gasteiger partial charge in [0.2, 0.25) is 0 Å². The summed E-state index contributed by atoms with van der Waals surface area (Å²) >= 11 is 3.54. The molecule has 0 spiro atoms. The van der Waals surface area contributed by atoms with Crippen LogP contribution in [0.25, 0.3) is 0 Å². The molecule has 3 unspecified atom stereocenters. The molecule has 0 radical (unpaired) electrons. The predicted octanol–water partition coefficient (Wildman–Crippen LogP) is 3.83. The van der Waals surface area contributed by atoms with Gasteiger partial charge in [-0.3, -0.25) is 0 Å². The molecule has 1 N–H and O–H groups in total. The van der Waals surface area contributed by atoms with Gasteiger partial charge in [-0.05, 0) is 65.6 Å². The Morgan fingerprint density at radius 1 is 1.38 bits per heavy atom. The van der Waals surface area contributed by atoms with Crippen LogP contribution in [-0.4, -0.2) is 25.1 Å². The summed E-state index contributed by atoms with van der Waals surface area (Å²) in [6, 6.07) is 2.20. The Hall–Kier alpha value is -0.610. The Morgan fingerprint density at radius 2 is 2.24 bits per heavy atom. The van der Waals surface area contributed by atoms with Crippen LogP contribution in [0, 0.1) is 17.8 Å². The Balaban J connectivity index is 1.69. The van der Waals surface area contributed by atoms with Gasteiger partial charge in [-0.25, -0.2) is 4.98 Å². The van der Waals surface area contributed by atoms with Gasteiger partial charge < -0.3 is 10.2 Å². The first-order valence-electron chi connectivity index (χ1n) is 8.23. The summed E-state index contributed by atoms with van der Waals surface area (Å²) in [6.45, 7) is 5.18. The number of pyridine rings is 1. The summed E-state index contributed by atoms with van der Waals surface area (Å²) in [4.78, 5) is 7.05. The maximum atomic E-state index is 4.67. The van der Waals surface area contributed by atoms with Gasteiger partial charge in [0.1, 0.15) is 5.82 Å². The van der Waals surface area contributed by atoms with Gasteiger partial charge in [-0.2, -0.15) is 0 Å². The van der Waals surface area contributed by atoms with Gasteiger partial charge >= 0.3 is 0 Å². The average Bonchev–Trinajstić information content (AvgIpc) is 3.07. The molecule has 21 heavy (non-hydrogen) atoms. The van der Waals surface area contributed by atoms with Crippen molar-refractivity contribution in [3.63, 3.8) is 0 Å². The normalized spacial score (nSPS) is 27.3. The Kier molecular flexibility index (Phi) is 4.85. The van der Waals surface area contributed by atoms with Crippen molar-refractivity contribution in [2.75, 3.05) is 25.0 Å². The molecule has 0 aromatic carbocycles. The molecule has 2 aliphatic rings. The number of hydrogen-bond acceptors (Lipinski definition) is 3. The molecular weight excluding hydrogens is 326 g/mol. The van der Waals surface area contributed by atoms with Crippen LogP contribution in [0.2, 0.25) is 0 Å². The van der Waals surface area contributed by atoms with Crippen molar-refractivity contribution in [2.45, 2.75) is 39.2 Å². The van der Waals surface area contributed by atoms with E-state index in [0.29, 0.717) is 0 Å². The average molecular weight is 352 g/mol. The number of fused-ring (bicyclic) bond motifs is 2. The molecule has 116 valence electrons. The summed E-state index contributed by atoms with van der Waals surface area (Å²) < 4.78 is 1.06. The number of nitrogens with zero attached hydrogens (tertiary/aromatic N) is 2. The van der Waals surface area contributed by atoms with Gasteiger partial charge in [-0.1, -0.05) is 13.3 Å². The molecule has 3 rings (SSSR count). The molecule has 1 aromatic heterocycles. The van der Waals surface area contributed by atoms with Crippen LogP contribution in [0.3, 0.4) is 0 Å². The zero-order valence-electron chi connectivity index (χ0n) is 13.1. The van der Waals surface area contributed by atoms with E-state index in [9.17, 15) is 0 Å². The van der Waals surface area contributed by atoms with Crippen LogP contribution in [0.5, 0.6) is 0 Å². The molecular formula is C17H26BrN3. The van der Waals surface area contributed by atoms with Crippen LogP contribution in [-0.2, 0) is 6.54 Å². The molecule has 3 nitrogen and oxygen atoms in total. The molecule has 4 heteroatoms. The number of aromatic nitrogens is 1. The fraction of sp³-hybridized carbons (Fsp3) is 0.706. The lowest BCUT2D eigenvalue weighted by Gasteiger charge is -2.29. The second-order valence-electron chi connectivity index (χ2n) is 6.73. The van der Waals surface area contributed by atoms with Crippen LogP contribution >= 0.6 is 15.9 Å². The third-order valence-corrected chi connectivity index (χ3v) is 5.66. The quantitative estimate of drug-likeness (QED) is 0.844. The SMILES string of the molecule is CCNCc1cc(Br)cnc1N(C)CC1CC2CCC1C2. The first kappa shape index (κ1) is 15.3. The predicted molar refractivity (Wildman–Crippen MR) is 91.5 cm³/mol. The van der Waals surface area contributed by atoms with Crippen molar-refractivity contribution in [2.24, 2.45) is 17.8 Å². The van der Waals surface area contributed by atoms with E-state index in [1.165, 1.54) is 31.2 Å². The first-order valence-corrected chi connectivity index (χ1v) is 9.03. The lowest BCUT2D eigenvalue weighted by molar-refractivity contribution is 0.337. The van der Waals surface area contributed by atoms with Gasteiger partial charge in [0.15, 0.2) is 0 Å². The standard InChI is InChI=1S/C17H26BrN3/c1-3-19-9-14-8-16(18)10-20-17(14)21(2)11-15-7-12-4-5-13(15)6-12/h8,10,12-13,15,19H,3-7,9,11H2,1-2H3.